The number of likely N-dealkylation sites (tertiary alicyclic amines) is 1. The average Bonchev–Trinajstić information content (AvgIpc) is 3.16. The van der Waals surface area contributed by atoms with Gasteiger partial charge in [0.2, 0.25) is 0 Å². The summed E-state index contributed by atoms with van der Waals surface area (Å²) in [5.74, 6) is 0.104. The fourth-order valence-electron chi connectivity index (χ4n) is 5.52. The van der Waals surface area contributed by atoms with Gasteiger partial charge in [0, 0.05) is 25.8 Å². The third-order valence-electron chi connectivity index (χ3n) is 7.73. The van der Waals surface area contributed by atoms with Crippen molar-refractivity contribution in [1.29, 1.82) is 0 Å². The quantitative estimate of drug-likeness (QED) is 0.790. The number of nitrogens with zero attached hydrogens (tertiary/aromatic N) is 1. The van der Waals surface area contributed by atoms with Gasteiger partial charge < -0.3 is 24.2 Å². The third kappa shape index (κ3) is 4.54. The molecule has 1 spiro atoms. The van der Waals surface area contributed by atoms with E-state index in [-0.39, 0.29) is 23.0 Å². The molecule has 3 saturated heterocycles. The van der Waals surface area contributed by atoms with Crippen molar-refractivity contribution in [3.8, 4) is 0 Å². The summed E-state index contributed by atoms with van der Waals surface area (Å²) in [6.07, 6.45) is 4.02. The number of rotatable bonds is 4. The minimum Gasteiger partial charge on any atom is -0.390 e. The maximum Gasteiger partial charge on any atom is 0.253 e. The number of benzene rings is 1. The SMILES string of the molecule is COCc1ccc(C(=O)N2CCC3(CC2)CO[C@@H]([C@@]2(C)CC[C@H](O)C(C)(C)O2)C3)cc1. The third-order valence-corrected chi connectivity index (χ3v) is 7.73. The predicted molar refractivity (Wildman–Crippen MR) is 118 cm³/mol. The van der Waals surface area contributed by atoms with E-state index in [2.05, 4.69) is 6.92 Å². The van der Waals surface area contributed by atoms with E-state index in [0.717, 1.165) is 62.9 Å². The number of carbonyl (C=O) groups excluding carboxylic acids is 1. The van der Waals surface area contributed by atoms with Crippen LogP contribution >= 0.6 is 0 Å². The van der Waals surface area contributed by atoms with Crippen molar-refractivity contribution in [3.05, 3.63) is 35.4 Å². The highest BCUT2D eigenvalue weighted by atomic mass is 16.6. The van der Waals surface area contributed by atoms with Gasteiger partial charge in [-0.3, -0.25) is 4.79 Å². The number of carbonyl (C=O) groups is 1. The second kappa shape index (κ2) is 8.47. The van der Waals surface area contributed by atoms with E-state index in [4.69, 9.17) is 14.2 Å². The Kier molecular flexibility index (Phi) is 6.21. The second-order valence-corrected chi connectivity index (χ2v) is 10.5. The lowest BCUT2D eigenvalue weighted by atomic mass is 9.73. The number of piperidine rings is 1. The molecule has 172 valence electrons. The van der Waals surface area contributed by atoms with E-state index in [0.29, 0.717) is 6.61 Å². The molecule has 1 aromatic rings. The zero-order valence-corrected chi connectivity index (χ0v) is 19.4. The molecule has 31 heavy (non-hydrogen) atoms. The van der Waals surface area contributed by atoms with Crippen LogP contribution in [0.5, 0.6) is 0 Å². The summed E-state index contributed by atoms with van der Waals surface area (Å²) in [4.78, 5) is 14.9. The van der Waals surface area contributed by atoms with Crippen molar-refractivity contribution in [3.63, 3.8) is 0 Å². The maximum atomic E-state index is 13.0. The van der Waals surface area contributed by atoms with Crippen LogP contribution in [0.4, 0.5) is 0 Å². The van der Waals surface area contributed by atoms with Gasteiger partial charge >= 0.3 is 0 Å². The smallest absolute Gasteiger partial charge is 0.253 e. The van der Waals surface area contributed by atoms with Gasteiger partial charge in [0.25, 0.3) is 5.91 Å². The maximum absolute atomic E-state index is 13.0. The summed E-state index contributed by atoms with van der Waals surface area (Å²) in [6, 6.07) is 7.71. The summed E-state index contributed by atoms with van der Waals surface area (Å²) >= 11 is 0. The van der Waals surface area contributed by atoms with E-state index in [1.54, 1.807) is 7.11 Å². The summed E-state index contributed by atoms with van der Waals surface area (Å²) in [6.45, 7) is 8.87. The molecule has 0 bridgehead atoms. The molecule has 3 heterocycles. The molecule has 0 unspecified atom stereocenters. The number of aliphatic hydroxyl groups is 1. The Hall–Kier alpha value is -1.47. The first-order chi connectivity index (χ1) is 14.7. The molecule has 3 aliphatic heterocycles. The Balaban J connectivity index is 1.35. The molecule has 1 N–H and O–H groups in total. The van der Waals surface area contributed by atoms with Gasteiger partial charge in [-0.1, -0.05) is 12.1 Å². The molecule has 1 aromatic carbocycles. The lowest BCUT2D eigenvalue weighted by molar-refractivity contribution is -0.245. The lowest BCUT2D eigenvalue weighted by Gasteiger charge is -2.48. The van der Waals surface area contributed by atoms with Crippen LogP contribution in [0.25, 0.3) is 0 Å². The fourth-order valence-corrected chi connectivity index (χ4v) is 5.52. The highest BCUT2D eigenvalue weighted by Crippen LogP contribution is 2.49. The van der Waals surface area contributed by atoms with Crippen LogP contribution in [0.1, 0.15) is 68.8 Å². The molecule has 0 radical (unpaired) electrons. The molecular weight excluding hydrogens is 394 g/mol. The van der Waals surface area contributed by atoms with Crippen molar-refractivity contribution in [2.75, 3.05) is 26.8 Å². The molecule has 6 heteroatoms. The van der Waals surface area contributed by atoms with Crippen LogP contribution in [0, 0.1) is 5.41 Å². The molecule has 0 aromatic heterocycles. The number of ether oxygens (including phenoxy) is 3. The molecule has 3 atom stereocenters. The van der Waals surface area contributed by atoms with Crippen LogP contribution in [0.15, 0.2) is 24.3 Å². The van der Waals surface area contributed by atoms with Crippen LogP contribution in [-0.4, -0.2) is 66.1 Å². The Bertz CT molecular complexity index is 784. The molecule has 0 aliphatic carbocycles. The lowest BCUT2D eigenvalue weighted by Crippen LogP contribution is -2.56. The first-order valence-corrected chi connectivity index (χ1v) is 11.5. The summed E-state index contributed by atoms with van der Waals surface area (Å²) in [7, 11) is 1.67. The van der Waals surface area contributed by atoms with Gasteiger partial charge in [-0.05, 0) is 76.0 Å². The predicted octanol–water partition coefficient (Wildman–Crippen LogP) is 3.55. The van der Waals surface area contributed by atoms with Crippen molar-refractivity contribution < 1.29 is 24.1 Å². The Morgan fingerprint density at radius 1 is 1.16 bits per heavy atom. The molecule has 0 saturated carbocycles. The number of aliphatic hydroxyl groups excluding tert-OH is 1. The van der Waals surface area contributed by atoms with E-state index in [1.165, 1.54) is 0 Å². The topological polar surface area (TPSA) is 68.2 Å². The van der Waals surface area contributed by atoms with Crippen LogP contribution in [-0.2, 0) is 20.8 Å². The Morgan fingerprint density at radius 3 is 2.45 bits per heavy atom. The van der Waals surface area contributed by atoms with Gasteiger partial charge in [0.1, 0.15) is 0 Å². The van der Waals surface area contributed by atoms with Crippen molar-refractivity contribution >= 4 is 5.91 Å². The minimum absolute atomic E-state index is 0.0369. The first kappa shape index (κ1) is 22.7. The normalized spacial score (nSPS) is 32.4. The first-order valence-electron chi connectivity index (χ1n) is 11.5. The molecule has 3 aliphatic rings. The van der Waals surface area contributed by atoms with Gasteiger partial charge in [-0.15, -0.1) is 0 Å². The zero-order chi connectivity index (χ0) is 22.3. The van der Waals surface area contributed by atoms with Gasteiger partial charge in [0.15, 0.2) is 0 Å². The molecule has 6 nitrogen and oxygen atoms in total. The molecule has 3 fully saturated rings. The zero-order valence-electron chi connectivity index (χ0n) is 19.4. The molecule has 1 amide bonds. The van der Waals surface area contributed by atoms with Gasteiger partial charge in [-0.2, -0.15) is 0 Å². The van der Waals surface area contributed by atoms with Crippen molar-refractivity contribution in [2.45, 2.75) is 82.9 Å². The summed E-state index contributed by atoms with van der Waals surface area (Å²) in [5, 5.41) is 10.3. The highest BCUT2D eigenvalue weighted by Gasteiger charge is 2.53. The highest BCUT2D eigenvalue weighted by molar-refractivity contribution is 5.94. The van der Waals surface area contributed by atoms with Gasteiger partial charge in [-0.25, -0.2) is 0 Å². The van der Waals surface area contributed by atoms with Gasteiger partial charge in [0.05, 0.1) is 36.6 Å². The number of hydrogen-bond donors (Lipinski definition) is 1. The monoisotopic (exact) mass is 431 g/mol. The number of amides is 1. The Morgan fingerprint density at radius 2 is 1.84 bits per heavy atom. The van der Waals surface area contributed by atoms with Crippen molar-refractivity contribution in [1.82, 2.24) is 4.90 Å². The van der Waals surface area contributed by atoms with Crippen molar-refractivity contribution in [2.24, 2.45) is 5.41 Å². The largest absolute Gasteiger partial charge is 0.390 e. The number of hydrogen-bond acceptors (Lipinski definition) is 5. The minimum atomic E-state index is -0.555. The second-order valence-electron chi connectivity index (χ2n) is 10.5. The standard InChI is InChI=1S/C25H37NO5/c1-23(2)20(27)9-10-24(3,31-23)21-15-25(17-30-21)11-13-26(14-12-25)22(28)19-7-5-18(6-8-19)16-29-4/h5-8,20-21,27H,9-17H2,1-4H3/t20-,21+,24+/m0/s1. The fraction of sp³-hybridized carbons (Fsp3) is 0.720. The van der Waals surface area contributed by atoms with E-state index in [9.17, 15) is 9.90 Å². The van der Waals surface area contributed by atoms with E-state index in [1.807, 2.05) is 43.0 Å². The molecule has 4 rings (SSSR count). The average molecular weight is 432 g/mol. The summed E-state index contributed by atoms with van der Waals surface area (Å²) < 4.78 is 17.8. The van der Waals surface area contributed by atoms with E-state index >= 15 is 0 Å². The summed E-state index contributed by atoms with van der Waals surface area (Å²) in [5.41, 5.74) is 1.00. The molecular formula is C25H37NO5. The Labute approximate surface area is 185 Å². The number of methoxy groups -OCH3 is 1. The van der Waals surface area contributed by atoms with Crippen LogP contribution < -0.4 is 0 Å². The van der Waals surface area contributed by atoms with Crippen LogP contribution in [0.3, 0.4) is 0 Å². The van der Waals surface area contributed by atoms with E-state index < -0.39 is 11.7 Å². The van der Waals surface area contributed by atoms with Crippen LogP contribution in [0.2, 0.25) is 0 Å².